The molecule has 1 aromatic carbocycles. The molecule has 2 aliphatic rings. The van der Waals surface area contributed by atoms with Gasteiger partial charge < -0.3 is 10.2 Å². The Morgan fingerprint density at radius 3 is 2.85 bits per heavy atom. The number of benzene rings is 1. The zero-order valence-electron chi connectivity index (χ0n) is 15.6. The molecule has 2 heterocycles. The molecule has 2 aromatic rings. The van der Waals surface area contributed by atoms with Crippen molar-refractivity contribution in [3.63, 3.8) is 0 Å². The highest BCUT2D eigenvalue weighted by molar-refractivity contribution is 5.96. The molecular weight excluding hydrogens is 340 g/mol. The lowest BCUT2D eigenvalue weighted by molar-refractivity contribution is -0.132. The van der Waals surface area contributed by atoms with Crippen molar-refractivity contribution in [3.05, 3.63) is 59.2 Å². The Labute approximate surface area is 159 Å². The molecule has 1 aliphatic heterocycles. The predicted molar refractivity (Wildman–Crippen MR) is 101 cm³/mol. The summed E-state index contributed by atoms with van der Waals surface area (Å²) in [7, 11) is 0. The summed E-state index contributed by atoms with van der Waals surface area (Å²) in [6, 6.07) is 8.97. The van der Waals surface area contributed by atoms with Crippen LogP contribution < -0.4 is 5.32 Å². The lowest BCUT2D eigenvalue weighted by Crippen LogP contribution is -2.50. The van der Waals surface area contributed by atoms with E-state index in [1.54, 1.807) is 12.1 Å². The van der Waals surface area contributed by atoms with Gasteiger partial charge in [-0.2, -0.15) is 0 Å². The van der Waals surface area contributed by atoms with E-state index in [9.17, 15) is 9.59 Å². The molecule has 1 saturated heterocycles. The topological polar surface area (TPSA) is 75.2 Å². The summed E-state index contributed by atoms with van der Waals surface area (Å²) in [4.78, 5) is 35.8. The summed E-state index contributed by atoms with van der Waals surface area (Å²) in [5.41, 5.74) is 2.85. The number of hydrogen-bond acceptors (Lipinski definition) is 4. The molecule has 1 N–H and O–H groups in total. The zero-order valence-corrected chi connectivity index (χ0v) is 15.6. The fourth-order valence-corrected chi connectivity index (χ4v) is 4.33. The van der Waals surface area contributed by atoms with Crippen LogP contribution >= 0.6 is 0 Å². The van der Waals surface area contributed by atoms with Crippen LogP contribution in [0.25, 0.3) is 0 Å². The number of piperidine rings is 1. The maximum absolute atomic E-state index is 12.7. The molecule has 1 fully saturated rings. The molecule has 1 aliphatic carbocycles. The number of aryl methyl sites for hydroxylation is 2. The largest absolute Gasteiger partial charge is 0.343 e. The molecule has 0 bridgehead atoms. The van der Waals surface area contributed by atoms with Crippen LogP contribution in [0.1, 0.15) is 46.7 Å². The van der Waals surface area contributed by atoms with Gasteiger partial charge in [-0.3, -0.25) is 9.59 Å². The zero-order chi connectivity index (χ0) is 18.9. The van der Waals surface area contributed by atoms with Crippen LogP contribution in [-0.2, 0) is 16.6 Å². The number of amides is 2. The summed E-state index contributed by atoms with van der Waals surface area (Å²) in [5.74, 6) is 0.538. The predicted octanol–water partition coefficient (Wildman–Crippen LogP) is 2.02. The van der Waals surface area contributed by atoms with Gasteiger partial charge in [-0.15, -0.1) is 0 Å². The molecule has 2 amide bonds. The van der Waals surface area contributed by atoms with Gasteiger partial charge in [0.05, 0.1) is 12.2 Å². The SMILES string of the molecule is Cc1ncc2c(n1)C1(CCCN(C(=O)CNC(=O)c3ccccc3)C1)CC2. The maximum atomic E-state index is 12.7. The van der Waals surface area contributed by atoms with E-state index in [4.69, 9.17) is 4.98 Å². The smallest absolute Gasteiger partial charge is 0.251 e. The molecule has 0 saturated carbocycles. The van der Waals surface area contributed by atoms with Gasteiger partial charge in [-0.05, 0) is 50.3 Å². The molecule has 0 radical (unpaired) electrons. The lowest BCUT2D eigenvalue weighted by Gasteiger charge is -2.40. The Bertz CT molecular complexity index is 864. The van der Waals surface area contributed by atoms with E-state index in [2.05, 4.69) is 10.3 Å². The fraction of sp³-hybridized carbons (Fsp3) is 0.429. The average Bonchev–Trinajstić information content (AvgIpc) is 3.03. The third-order valence-corrected chi connectivity index (χ3v) is 5.73. The molecule has 6 nitrogen and oxygen atoms in total. The van der Waals surface area contributed by atoms with E-state index in [-0.39, 0.29) is 23.8 Å². The standard InChI is InChI=1S/C21H24N4O2/c1-15-22-12-17-8-10-21(19(17)24-15)9-5-11-25(14-21)18(26)13-23-20(27)16-6-3-2-4-7-16/h2-4,6-7,12H,5,8-11,13-14H2,1H3,(H,23,27). The van der Waals surface area contributed by atoms with Gasteiger partial charge in [-0.25, -0.2) is 9.97 Å². The average molecular weight is 364 g/mol. The molecular formula is C21H24N4O2. The van der Waals surface area contributed by atoms with Crippen LogP contribution in [-0.4, -0.2) is 46.3 Å². The second kappa shape index (κ2) is 7.10. The number of carbonyl (C=O) groups is 2. The monoisotopic (exact) mass is 364 g/mol. The van der Waals surface area contributed by atoms with E-state index in [1.165, 1.54) is 5.56 Å². The molecule has 1 unspecified atom stereocenters. The van der Waals surface area contributed by atoms with Gasteiger partial charge in [0.1, 0.15) is 5.82 Å². The highest BCUT2D eigenvalue weighted by atomic mass is 16.2. The summed E-state index contributed by atoms with van der Waals surface area (Å²) < 4.78 is 0. The van der Waals surface area contributed by atoms with Crippen molar-refractivity contribution in [2.24, 2.45) is 0 Å². The normalized spacial score (nSPS) is 21.1. The number of aromatic nitrogens is 2. The minimum absolute atomic E-state index is 0.0272. The van der Waals surface area contributed by atoms with Crippen molar-refractivity contribution >= 4 is 11.8 Å². The van der Waals surface area contributed by atoms with Gasteiger partial charge in [0.15, 0.2) is 0 Å². The highest BCUT2D eigenvalue weighted by Gasteiger charge is 2.44. The lowest BCUT2D eigenvalue weighted by atomic mass is 9.77. The van der Waals surface area contributed by atoms with E-state index >= 15 is 0 Å². The molecule has 1 aromatic heterocycles. The molecule has 4 rings (SSSR count). The number of nitrogens with zero attached hydrogens (tertiary/aromatic N) is 3. The van der Waals surface area contributed by atoms with Crippen LogP contribution in [0, 0.1) is 6.92 Å². The van der Waals surface area contributed by atoms with Crippen molar-refractivity contribution in [2.45, 2.75) is 38.0 Å². The van der Waals surface area contributed by atoms with Crippen molar-refractivity contribution in [1.29, 1.82) is 0 Å². The van der Waals surface area contributed by atoms with Crippen molar-refractivity contribution in [1.82, 2.24) is 20.2 Å². The third kappa shape index (κ3) is 3.44. The second-order valence-corrected chi connectivity index (χ2v) is 7.54. The van der Waals surface area contributed by atoms with Crippen molar-refractivity contribution in [3.8, 4) is 0 Å². The molecule has 27 heavy (non-hydrogen) atoms. The van der Waals surface area contributed by atoms with Gasteiger partial charge in [0, 0.05) is 30.3 Å². The quantitative estimate of drug-likeness (QED) is 0.904. The Morgan fingerprint density at radius 2 is 2.04 bits per heavy atom. The molecule has 6 heteroatoms. The number of nitrogens with one attached hydrogen (secondary N) is 1. The third-order valence-electron chi connectivity index (χ3n) is 5.73. The van der Waals surface area contributed by atoms with E-state index in [0.717, 1.165) is 43.7 Å². The molecule has 140 valence electrons. The maximum Gasteiger partial charge on any atom is 0.251 e. The first-order valence-corrected chi connectivity index (χ1v) is 9.51. The highest BCUT2D eigenvalue weighted by Crippen LogP contribution is 2.43. The summed E-state index contributed by atoms with van der Waals surface area (Å²) in [6.45, 7) is 3.36. The van der Waals surface area contributed by atoms with E-state index in [1.807, 2.05) is 36.2 Å². The van der Waals surface area contributed by atoms with Gasteiger partial charge in [0.25, 0.3) is 5.91 Å². The van der Waals surface area contributed by atoms with E-state index < -0.39 is 0 Å². The van der Waals surface area contributed by atoms with Gasteiger partial charge in [0.2, 0.25) is 5.91 Å². The van der Waals surface area contributed by atoms with Crippen LogP contribution in [0.15, 0.2) is 36.5 Å². The number of rotatable bonds is 3. The van der Waals surface area contributed by atoms with Gasteiger partial charge >= 0.3 is 0 Å². The summed E-state index contributed by atoms with van der Waals surface area (Å²) >= 11 is 0. The molecule has 1 spiro atoms. The Balaban J connectivity index is 1.43. The number of hydrogen-bond donors (Lipinski definition) is 1. The van der Waals surface area contributed by atoms with Crippen molar-refractivity contribution in [2.75, 3.05) is 19.6 Å². The molecule has 1 atom stereocenters. The Morgan fingerprint density at radius 1 is 1.22 bits per heavy atom. The number of fused-ring (bicyclic) bond motifs is 2. The van der Waals surface area contributed by atoms with Crippen LogP contribution in [0.4, 0.5) is 0 Å². The first-order chi connectivity index (χ1) is 13.1. The Hall–Kier alpha value is -2.76. The number of likely N-dealkylation sites (tertiary alicyclic amines) is 1. The first-order valence-electron chi connectivity index (χ1n) is 9.51. The summed E-state index contributed by atoms with van der Waals surface area (Å²) in [6.07, 6.45) is 5.94. The minimum atomic E-state index is -0.217. The first kappa shape index (κ1) is 17.6. The van der Waals surface area contributed by atoms with Crippen LogP contribution in [0.5, 0.6) is 0 Å². The van der Waals surface area contributed by atoms with E-state index in [0.29, 0.717) is 12.1 Å². The number of carbonyl (C=O) groups excluding carboxylic acids is 2. The van der Waals surface area contributed by atoms with Crippen LogP contribution in [0.3, 0.4) is 0 Å². The van der Waals surface area contributed by atoms with Crippen LogP contribution in [0.2, 0.25) is 0 Å². The van der Waals surface area contributed by atoms with Gasteiger partial charge in [-0.1, -0.05) is 18.2 Å². The minimum Gasteiger partial charge on any atom is -0.343 e. The second-order valence-electron chi connectivity index (χ2n) is 7.54. The summed E-state index contributed by atoms with van der Waals surface area (Å²) in [5, 5.41) is 2.75. The Kier molecular flexibility index (Phi) is 4.64. The fourth-order valence-electron chi connectivity index (χ4n) is 4.33. The van der Waals surface area contributed by atoms with Crippen molar-refractivity contribution < 1.29 is 9.59 Å².